The lowest BCUT2D eigenvalue weighted by atomic mass is 10.2. The normalized spacial score (nSPS) is 10.1. The number of anilines is 1. The molecule has 1 aromatic heterocycles. The van der Waals surface area contributed by atoms with Crippen molar-refractivity contribution >= 4 is 29.1 Å². The van der Waals surface area contributed by atoms with Crippen LogP contribution < -0.4 is 20.1 Å². The number of carbonyl (C=O) groups excluding carboxylic acids is 2. The zero-order chi connectivity index (χ0) is 17.5. The summed E-state index contributed by atoms with van der Waals surface area (Å²) in [7, 11) is 2.95. The van der Waals surface area contributed by atoms with Crippen molar-refractivity contribution in [3.63, 3.8) is 0 Å². The second-order valence-electron chi connectivity index (χ2n) is 4.75. The van der Waals surface area contributed by atoms with Crippen LogP contribution in [-0.2, 0) is 4.79 Å². The average molecular weight is 353 g/mol. The molecule has 1 heterocycles. The van der Waals surface area contributed by atoms with E-state index in [0.717, 1.165) is 0 Å². The molecule has 2 aromatic rings. The Bertz CT molecular complexity index is 716. The van der Waals surface area contributed by atoms with Crippen molar-refractivity contribution in [2.24, 2.45) is 0 Å². The third kappa shape index (κ3) is 4.42. The van der Waals surface area contributed by atoms with E-state index in [9.17, 15) is 9.59 Å². The fraction of sp³-hybridized carbons (Fsp3) is 0.250. The fourth-order valence-corrected chi connectivity index (χ4v) is 2.19. The maximum absolute atomic E-state index is 12.0. The predicted octanol–water partition coefficient (Wildman–Crippen LogP) is 2.71. The summed E-state index contributed by atoms with van der Waals surface area (Å²) in [5, 5.41) is 5.70. The first-order valence-electron chi connectivity index (χ1n) is 7.07. The molecular formula is C16H17ClN2O5. The molecule has 0 aliphatic carbocycles. The van der Waals surface area contributed by atoms with E-state index < -0.39 is 0 Å². The van der Waals surface area contributed by atoms with E-state index in [1.807, 2.05) is 0 Å². The second kappa shape index (κ2) is 8.26. The van der Waals surface area contributed by atoms with E-state index in [-0.39, 0.29) is 24.8 Å². The molecule has 24 heavy (non-hydrogen) atoms. The van der Waals surface area contributed by atoms with Crippen LogP contribution in [0.2, 0.25) is 5.02 Å². The van der Waals surface area contributed by atoms with Gasteiger partial charge in [0, 0.05) is 25.1 Å². The monoisotopic (exact) mass is 352 g/mol. The first-order chi connectivity index (χ1) is 11.5. The van der Waals surface area contributed by atoms with Crippen molar-refractivity contribution in [3.8, 4) is 11.5 Å². The van der Waals surface area contributed by atoms with Crippen LogP contribution in [0.5, 0.6) is 11.5 Å². The van der Waals surface area contributed by atoms with Crippen LogP contribution >= 0.6 is 11.6 Å². The van der Waals surface area contributed by atoms with Crippen LogP contribution in [0.15, 0.2) is 35.1 Å². The summed E-state index contributed by atoms with van der Waals surface area (Å²) in [5.41, 5.74) is 0.837. The van der Waals surface area contributed by atoms with Crippen molar-refractivity contribution in [3.05, 3.63) is 41.3 Å². The molecule has 7 nitrogen and oxygen atoms in total. The third-order valence-corrected chi connectivity index (χ3v) is 3.46. The van der Waals surface area contributed by atoms with Crippen LogP contribution in [0.4, 0.5) is 5.69 Å². The molecule has 8 heteroatoms. The number of ether oxygens (including phenoxy) is 2. The molecule has 0 fully saturated rings. The molecule has 0 radical (unpaired) electrons. The minimum Gasteiger partial charge on any atom is -0.495 e. The van der Waals surface area contributed by atoms with Gasteiger partial charge < -0.3 is 24.5 Å². The van der Waals surface area contributed by atoms with Gasteiger partial charge in [0.1, 0.15) is 17.8 Å². The molecule has 2 amide bonds. The van der Waals surface area contributed by atoms with Crippen molar-refractivity contribution in [2.75, 3.05) is 26.1 Å². The SMILES string of the molecule is COc1cc(NC(=O)CCNC(=O)c2ccoc2)c(OC)cc1Cl. The molecule has 0 unspecified atom stereocenters. The number of benzene rings is 1. The topological polar surface area (TPSA) is 89.8 Å². The number of rotatable bonds is 7. The van der Waals surface area contributed by atoms with Crippen LogP contribution in [0.1, 0.15) is 16.8 Å². The molecule has 2 rings (SSSR count). The maximum atomic E-state index is 12.0. The smallest absolute Gasteiger partial charge is 0.254 e. The quantitative estimate of drug-likeness (QED) is 0.799. The number of methoxy groups -OCH3 is 2. The van der Waals surface area contributed by atoms with Crippen LogP contribution in [0, 0.1) is 0 Å². The number of hydrogen-bond acceptors (Lipinski definition) is 5. The van der Waals surface area contributed by atoms with E-state index in [1.54, 1.807) is 18.2 Å². The summed E-state index contributed by atoms with van der Waals surface area (Å²) >= 11 is 6.01. The molecule has 2 N–H and O–H groups in total. The lowest BCUT2D eigenvalue weighted by Crippen LogP contribution is -2.27. The van der Waals surface area contributed by atoms with Gasteiger partial charge in [-0.25, -0.2) is 0 Å². The summed E-state index contributed by atoms with van der Waals surface area (Å²) < 4.78 is 15.1. The highest BCUT2D eigenvalue weighted by atomic mass is 35.5. The molecule has 0 atom stereocenters. The Kier molecular flexibility index (Phi) is 6.08. The molecule has 0 spiro atoms. The molecule has 0 aliphatic rings. The highest BCUT2D eigenvalue weighted by Gasteiger charge is 2.13. The number of amides is 2. The minimum atomic E-state index is -0.303. The van der Waals surface area contributed by atoms with Gasteiger partial charge in [0.05, 0.1) is 36.8 Å². The summed E-state index contributed by atoms with van der Waals surface area (Å²) in [6.45, 7) is 0.183. The molecule has 0 bridgehead atoms. The second-order valence-corrected chi connectivity index (χ2v) is 5.16. The predicted molar refractivity (Wildman–Crippen MR) is 88.8 cm³/mol. The van der Waals surface area contributed by atoms with Crippen LogP contribution in [0.25, 0.3) is 0 Å². The summed E-state index contributed by atoms with van der Waals surface area (Å²) in [5.74, 6) is 0.241. The standard InChI is InChI=1S/C16H17ClN2O5/c1-22-13-8-12(14(23-2)7-11(13)17)19-15(20)3-5-18-16(21)10-4-6-24-9-10/h4,6-9H,3,5H2,1-2H3,(H,18,21)(H,19,20). The Hall–Kier alpha value is -2.67. The zero-order valence-electron chi connectivity index (χ0n) is 13.2. The minimum absolute atomic E-state index is 0.0949. The Morgan fingerprint density at radius 2 is 1.96 bits per heavy atom. The highest BCUT2D eigenvalue weighted by Crippen LogP contribution is 2.35. The van der Waals surface area contributed by atoms with Gasteiger partial charge in [0.2, 0.25) is 5.91 Å². The first-order valence-corrected chi connectivity index (χ1v) is 7.44. The Labute approximate surface area is 143 Å². The molecule has 0 saturated carbocycles. The molecule has 0 aliphatic heterocycles. The van der Waals surface area contributed by atoms with Gasteiger partial charge in [-0.05, 0) is 6.07 Å². The Balaban J connectivity index is 1.91. The van der Waals surface area contributed by atoms with Gasteiger partial charge in [0.15, 0.2) is 0 Å². The van der Waals surface area contributed by atoms with E-state index in [4.69, 9.17) is 25.5 Å². The van der Waals surface area contributed by atoms with Gasteiger partial charge in [0.25, 0.3) is 5.91 Å². The summed E-state index contributed by atoms with van der Waals surface area (Å²) in [6.07, 6.45) is 2.83. The summed E-state index contributed by atoms with van der Waals surface area (Å²) in [6, 6.07) is 4.67. The fourth-order valence-electron chi connectivity index (χ4n) is 1.96. The van der Waals surface area contributed by atoms with Gasteiger partial charge in [-0.15, -0.1) is 0 Å². The van der Waals surface area contributed by atoms with E-state index in [1.165, 1.54) is 26.7 Å². The third-order valence-electron chi connectivity index (χ3n) is 3.17. The zero-order valence-corrected chi connectivity index (χ0v) is 14.0. The van der Waals surface area contributed by atoms with E-state index in [2.05, 4.69) is 10.6 Å². The largest absolute Gasteiger partial charge is 0.495 e. The number of nitrogens with one attached hydrogen (secondary N) is 2. The van der Waals surface area contributed by atoms with Crippen LogP contribution in [0.3, 0.4) is 0 Å². The van der Waals surface area contributed by atoms with Gasteiger partial charge in [-0.1, -0.05) is 11.6 Å². The Morgan fingerprint density at radius 3 is 2.58 bits per heavy atom. The Morgan fingerprint density at radius 1 is 1.21 bits per heavy atom. The van der Waals surface area contributed by atoms with Crippen molar-refractivity contribution < 1.29 is 23.5 Å². The first kappa shape index (κ1) is 17.7. The van der Waals surface area contributed by atoms with Crippen molar-refractivity contribution in [1.82, 2.24) is 5.32 Å². The maximum Gasteiger partial charge on any atom is 0.254 e. The lowest BCUT2D eigenvalue weighted by molar-refractivity contribution is -0.116. The number of furan rings is 1. The molecule has 128 valence electrons. The van der Waals surface area contributed by atoms with Crippen LogP contribution in [-0.4, -0.2) is 32.6 Å². The van der Waals surface area contributed by atoms with E-state index >= 15 is 0 Å². The molecular weight excluding hydrogens is 336 g/mol. The van der Waals surface area contributed by atoms with Gasteiger partial charge >= 0.3 is 0 Å². The molecule has 0 saturated heterocycles. The van der Waals surface area contributed by atoms with Crippen molar-refractivity contribution in [2.45, 2.75) is 6.42 Å². The number of halogens is 1. The number of hydrogen-bond donors (Lipinski definition) is 2. The number of carbonyl (C=O) groups is 2. The van der Waals surface area contributed by atoms with Gasteiger partial charge in [-0.2, -0.15) is 0 Å². The average Bonchev–Trinajstić information content (AvgIpc) is 3.10. The van der Waals surface area contributed by atoms with E-state index in [0.29, 0.717) is 27.8 Å². The van der Waals surface area contributed by atoms with Gasteiger partial charge in [-0.3, -0.25) is 9.59 Å². The molecule has 1 aromatic carbocycles. The lowest BCUT2D eigenvalue weighted by Gasteiger charge is -2.13. The summed E-state index contributed by atoms with van der Waals surface area (Å²) in [4.78, 5) is 23.7. The highest BCUT2D eigenvalue weighted by molar-refractivity contribution is 6.32. The van der Waals surface area contributed by atoms with Crippen molar-refractivity contribution in [1.29, 1.82) is 0 Å².